The minimum absolute atomic E-state index is 0.0922. The molecule has 0 bridgehead atoms. The van der Waals surface area contributed by atoms with Gasteiger partial charge >= 0.3 is 0 Å². The van der Waals surface area contributed by atoms with E-state index in [1.54, 1.807) is 6.20 Å². The molecule has 2 atom stereocenters. The van der Waals surface area contributed by atoms with Gasteiger partial charge in [-0.25, -0.2) is 4.99 Å². The van der Waals surface area contributed by atoms with Crippen LogP contribution < -0.4 is 0 Å². The van der Waals surface area contributed by atoms with Crippen LogP contribution in [0.4, 0.5) is 0 Å². The van der Waals surface area contributed by atoms with Crippen molar-refractivity contribution in [1.82, 2.24) is 19.6 Å². The molecule has 1 aliphatic carbocycles. The van der Waals surface area contributed by atoms with E-state index in [0.29, 0.717) is 24.5 Å². The first-order valence-corrected chi connectivity index (χ1v) is 12.8. The summed E-state index contributed by atoms with van der Waals surface area (Å²) < 4.78 is 12.9. The zero-order valence-corrected chi connectivity index (χ0v) is 20.7. The molecule has 1 unspecified atom stereocenters. The highest BCUT2D eigenvalue weighted by Gasteiger charge is 2.36. The van der Waals surface area contributed by atoms with Gasteiger partial charge in [-0.3, -0.25) is 19.2 Å². The van der Waals surface area contributed by atoms with Crippen LogP contribution in [0.5, 0.6) is 0 Å². The summed E-state index contributed by atoms with van der Waals surface area (Å²) in [7, 11) is 0. The maximum absolute atomic E-state index is 13.6. The first-order chi connectivity index (χ1) is 17.1. The molecule has 1 aromatic rings. The van der Waals surface area contributed by atoms with Crippen molar-refractivity contribution >= 4 is 23.1 Å². The van der Waals surface area contributed by atoms with Gasteiger partial charge in [0.05, 0.1) is 41.7 Å². The van der Waals surface area contributed by atoms with Crippen LogP contribution in [0.15, 0.2) is 28.9 Å². The molecular weight excluding hydrogens is 446 g/mol. The molecule has 2 saturated heterocycles. The molecular formula is C26H35N5O4. The van der Waals surface area contributed by atoms with Crippen LogP contribution in [-0.2, 0) is 14.3 Å². The number of allylic oxidation sites excluding steroid dienone is 2. The molecule has 0 N–H and O–H groups in total. The van der Waals surface area contributed by atoms with Crippen LogP contribution >= 0.6 is 0 Å². The second-order valence-corrected chi connectivity index (χ2v) is 9.69. The summed E-state index contributed by atoms with van der Waals surface area (Å²) >= 11 is 0. The number of hydrogen-bond acceptors (Lipinski definition) is 6. The number of carbonyl (C=O) groups excluding carboxylic acids is 2. The van der Waals surface area contributed by atoms with Crippen LogP contribution in [0.3, 0.4) is 0 Å². The number of piperazine rings is 1. The van der Waals surface area contributed by atoms with E-state index in [9.17, 15) is 9.59 Å². The zero-order valence-electron chi connectivity index (χ0n) is 20.7. The molecule has 9 heteroatoms. The summed E-state index contributed by atoms with van der Waals surface area (Å²) in [6.45, 7) is 11.1. The van der Waals surface area contributed by atoms with Gasteiger partial charge in [0, 0.05) is 51.6 Å². The van der Waals surface area contributed by atoms with Crippen molar-refractivity contribution in [1.29, 1.82) is 0 Å². The Balaban J connectivity index is 1.29. The number of hydrogen-bond donors (Lipinski definition) is 0. The van der Waals surface area contributed by atoms with Crippen LogP contribution in [0.2, 0.25) is 0 Å². The zero-order chi connectivity index (χ0) is 24.4. The Labute approximate surface area is 206 Å². The van der Waals surface area contributed by atoms with Crippen molar-refractivity contribution < 1.29 is 19.1 Å². The van der Waals surface area contributed by atoms with Gasteiger partial charge in [-0.05, 0) is 45.7 Å². The van der Waals surface area contributed by atoms with E-state index in [0.717, 1.165) is 82.0 Å². The fourth-order valence-corrected chi connectivity index (χ4v) is 5.35. The molecule has 0 saturated carbocycles. The van der Waals surface area contributed by atoms with Gasteiger partial charge in [-0.15, -0.1) is 0 Å². The van der Waals surface area contributed by atoms with Crippen molar-refractivity contribution in [3.8, 4) is 0 Å². The standard InChI is InChI=1S/C26H35N5O4/c1-3-34-12-5-4-7-29-8-10-30(11-9-29)26(33)20-15-21-23(14-18(20)2)28-25(32)22-16-27-31(24(21)22)19-6-13-35-17-19/h14-16,19-20H,3-13,17H2,1-2H3/t19-,20?/m0/s1. The summed E-state index contributed by atoms with van der Waals surface area (Å²) in [5.41, 5.74) is 3.66. The Kier molecular flexibility index (Phi) is 7.27. The minimum atomic E-state index is -0.356. The third-order valence-corrected chi connectivity index (χ3v) is 7.39. The molecule has 0 aromatic carbocycles. The van der Waals surface area contributed by atoms with E-state index in [4.69, 9.17) is 9.47 Å². The second kappa shape index (κ2) is 10.6. The molecule has 0 spiro atoms. The Morgan fingerprint density at radius 1 is 1.23 bits per heavy atom. The Bertz CT molecular complexity index is 1060. The maximum Gasteiger partial charge on any atom is 0.281 e. The van der Waals surface area contributed by atoms with Gasteiger partial charge in [0.2, 0.25) is 5.91 Å². The van der Waals surface area contributed by atoms with Crippen molar-refractivity contribution in [2.24, 2.45) is 10.9 Å². The fraction of sp³-hybridized carbons (Fsp3) is 0.615. The van der Waals surface area contributed by atoms with E-state index in [-0.39, 0.29) is 23.8 Å². The Hall–Kier alpha value is -2.62. The van der Waals surface area contributed by atoms with Gasteiger partial charge in [-0.1, -0.05) is 11.6 Å². The predicted octanol–water partition coefficient (Wildman–Crippen LogP) is 2.36. The summed E-state index contributed by atoms with van der Waals surface area (Å²) in [4.78, 5) is 35.0. The average Bonchev–Trinajstić information content (AvgIpc) is 3.54. The summed E-state index contributed by atoms with van der Waals surface area (Å²) in [6.07, 6.45) is 8.55. The van der Waals surface area contributed by atoms with Crippen molar-refractivity contribution in [3.05, 3.63) is 35.2 Å². The van der Waals surface area contributed by atoms with Crippen LogP contribution in [0.25, 0.3) is 5.57 Å². The third-order valence-electron chi connectivity index (χ3n) is 7.39. The molecule has 2 fully saturated rings. The van der Waals surface area contributed by atoms with E-state index < -0.39 is 0 Å². The molecule has 5 rings (SSSR count). The number of aliphatic imine (C=N–C) groups is 1. The van der Waals surface area contributed by atoms with Gasteiger partial charge in [0.25, 0.3) is 5.91 Å². The third kappa shape index (κ3) is 4.90. The highest BCUT2D eigenvalue weighted by molar-refractivity contribution is 6.36. The fourth-order valence-electron chi connectivity index (χ4n) is 5.35. The lowest BCUT2D eigenvalue weighted by Gasteiger charge is -2.37. The number of carbonyl (C=O) groups is 2. The number of nitrogens with zero attached hydrogens (tertiary/aromatic N) is 5. The lowest BCUT2D eigenvalue weighted by Crippen LogP contribution is -2.50. The number of unbranched alkanes of at least 4 members (excludes halogenated alkanes) is 1. The van der Waals surface area contributed by atoms with Crippen LogP contribution in [0.1, 0.15) is 55.2 Å². The quantitative estimate of drug-likeness (QED) is 0.530. The number of ether oxygens (including phenoxy) is 2. The van der Waals surface area contributed by atoms with Crippen molar-refractivity contribution in [2.75, 3.05) is 59.2 Å². The average molecular weight is 482 g/mol. The van der Waals surface area contributed by atoms with E-state index in [2.05, 4.69) is 15.0 Å². The second-order valence-electron chi connectivity index (χ2n) is 9.69. The Morgan fingerprint density at radius 3 is 2.80 bits per heavy atom. The van der Waals surface area contributed by atoms with Crippen molar-refractivity contribution in [3.63, 3.8) is 0 Å². The summed E-state index contributed by atoms with van der Waals surface area (Å²) in [5, 5.41) is 4.52. The number of amides is 2. The van der Waals surface area contributed by atoms with Gasteiger partial charge in [0.1, 0.15) is 0 Å². The van der Waals surface area contributed by atoms with E-state index in [1.165, 1.54) is 0 Å². The van der Waals surface area contributed by atoms with E-state index >= 15 is 0 Å². The van der Waals surface area contributed by atoms with Gasteiger partial charge < -0.3 is 14.4 Å². The molecule has 188 valence electrons. The molecule has 35 heavy (non-hydrogen) atoms. The SMILES string of the molecule is CCOCCCCN1CCN(C(=O)C2C=C3C(=NC(=O)c4cnn([C@H]5CCOC5)c43)C=C2C)CC1. The maximum atomic E-state index is 13.6. The number of fused-ring (bicyclic) bond motifs is 3. The lowest BCUT2D eigenvalue weighted by molar-refractivity contribution is -0.134. The van der Waals surface area contributed by atoms with Crippen LogP contribution in [-0.4, -0.2) is 96.3 Å². The molecule has 4 heterocycles. The minimum Gasteiger partial charge on any atom is -0.382 e. The smallest absolute Gasteiger partial charge is 0.281 e. The molecule has 4 aliphatic rings. The first kappa shape index (κ1) is 24.1. The van der Waals surface area contributed by atoms with Gasteiger partial charge in [-0.2, -0.15) is 5.10 Å². The summed E-state index contributed by atoms with van der Waals surface area (Å²) in [5.74, 6) is -0.510. The first-order valence-electron chi connectivity index (χ1n) is 12.8. The van der Waals surface area contributed by atoms with Crippen LogP contribution in [0, 0.1) is 5.92 Å². The highest BCUT2D eigenvalue weighted by Crippen LogP contribution is 2.36. The topological polar surface area (TPSA) is 89.3 Å². The largest absolute Gasteiger partial charge is 0.382 e. The molecule has 9 nitrogen and oxygen atoms in total. The molecule has 1 aromatic heterocycles. The predicted molar refractivity (Wildman–Crippen MR) is 132 cm³/mol. The molecule has 2 amide bonds. The van der Waals surface area contributed by atoms with Crippen molar-refractivity contribution in [2.45, 2.75) is 39.2 Å². The number of aromatic nitrogens is 2. The lowest BCUT2D eigenvalue weighted by atomic mass is 9.84. The monoisotopic (exact) mass is 481 g/mol. The van der Waals surface area contributed by atoms with E-state index in [1.807, 2.05) is 35.6 Å². The Morgan fingerprint density at radius 2 is 2.06 bits per heavy atom. The van der Waals surface area contributed by atoms with Gasteiger partial charge in [0.15, 0.2) is 0 Å². The highest BCUT2D eigenvalue weighted by atomic mass is 16.5. The molecule has 0 radical (unpaired) electrons. The normalized spacial score (nSPS) is 24.6. The summed E-state index contributed by atoms with van der Waals surface area (Å²) in [6, 6.07) is 0.0922. The molecule has 3 aliphatic heterocycles. The number of rotatable bonds is 8.